The van der Waals surface area contributed by atoms with Crippen LogP contribution in [-0.2, 0) is 24.1 Å². The lowest BCUT2D eigenvalue weighted by Crippen LogP contribution is -2.50. The van der Waals surface area contributed by atoms with Gasteiger partial charge in [-0.25, -0.2) is 0 Å². The molecule has 0 spiro atoms. The average Bonchev–Trinajstić information content (AvgIpc) is 3.36. The molecule has 2 aliphatic carbocycles. The lowest BCUT2D eigenvalue weighted by molar-refractivity contribution is -0.124. The molecule has 4 nitrogen and oxygen atoms in total. The fourth-order valence-electron chi connectivity index (χ4n) is 5.29. The number of nitrogens with zero attached hydrogens (tertiary/aromatic N) is 1. The maximum atomic E-state index is 12.6. The van der Waals surface area contributed by atoms with Crippen LogP contribution in [0.15, 0.2) is 42.5 Å². The smallest absolute Gasteiger partial charge is 0.238 e. The summed E-state index contributed by atoms with van der Waals surface area (Å²) in [6, 6.07) is 17.3. The molecular weight excluding hydrogens is 346 g/mol. The van der Waals surface area contributed by atoms with Crippen LogP contribution in [0, 0.1) is 17.2 Å². The second kappa shape index (κ2) is 7.07. The Labute approximate surface area is 166 Å². The first-order valence-corrected chi connectivity index (χ1v) is 10.4. The van der Waals surface area contributed by atoms with E-state index in [2.05, 4.69) is 59.2 Å². The number of nitrogens with one attached hydrogen (secondary N) is 2. The molecule has 142 valence electrons. The van der Waals surface area contributed by atoms with Crippen molar-refractivity contribution < 1.29 is 4.79 Å². The van der Waals surface area contributed by atoms with Gasteiger partial charge < -0.3 is 10.6 Å². The predicted octanol–water partition coefficient (Wildman–Crippen LogP) is 3.14. The molecule has 4 atom stereocenters. The number of fused-ring (bicyclic) bond motifs is 5. The van der Waals surface area contributed by atoms with Gasteiger partial charge in [0.05, 0.1) is 12.1 Å². The molecule has 2 unspecified atom stereocenters. The number of carbonyl (C=O) groups excluding carboxylic acids is 1. The molecule has 2 fully saturated rings. The van der Waals surface area contributed by atoms with Crippen LogP contribution in [0.25, 0.3) is 11.1 Å². The molecule has 0 radical (unpaired) electrons. The van der Waals surface area contributed by atoms with E-state index in [1.807, 2.05) is 0 Å². The quantitative estimate of drug-likeness (QED) is 0.868. The minimum absolute atomic E-state index is 0.00867. The van der Waals surface area contributed by atoms with E-state index in [0.29, 0.717) is 18.4 Å². The summed E-state index contributed by atoms with van der Waals surface area (Å²) in [5.41, 5.74) is 6.49. The molecule has 1 heterocycles. The third-order valence-corrected chi connectivity index (χ3v) is 6.70. The van der Waals surface area contributed by atoms with Crippen LogP contribution in [-0.4, -0.2) is 24.0 Å². The van der Waals surface area contributed by atoms with E-state index in [-0.39, 0.29) is 11.9 Å². The number of aryl methyl sites for hydroxylation is 2. The first-order chi connectivity index (χ1) is 13.7. The van der Waals surface area contributed by atoms with Crippen LogP contribution in [0.2, 0.25) is 0 Å². The SMILES string of the molecule is N#CC(Cc1ccc2c(c1)CCc1ccccc1-2)NC(=O)C1N[C@@H]2CC[C@H]1C2. The van der Waals surface area contributed by atoms with E-state index in [1.54, 1.807) is 0 Å². The molecule has 1 saturated heterocycles. The molecular formula is C24H25N3O. The van der Waals surface area contributed by atoms with E-state index in [0.717, 1.165) is 31.2 Å². The zero-order chi connectivity index (χ0) is 19.1. The molecule has 2 N–H and O–H groups in total. The molecule has 2 aromatic carbocycles. The summed E-state index contributed by atoms with van der Waals surface area (Å²) in [7, 11) is 0. The van der Waals surface area contributed by atoms with Crippen molar-refractivity contribution in [2.45, 2.75) is 56.7 Å². The Kier molecular flexibility index (Phi) is 4.41. The molecule has 1 saturated carbocycles. The molecule has 1 aliphatic heterocycles. The Bertz CT molecular complexity index is 961. The van der Waals surface area contributed by atoms with Crippen molar-refractivity contribution in [1.82, 2.24) is 10.6 Å². The molecule has 3 aliphatic rings. The van der Waals surface area contributed by atoms with Gasteiger partial charge in [0, 0.05) is 12.5 Å². The van der Waals surface area contributed by atoms with Crippen molar-refractivity contribution in [2.75, 3.05) is 0 Å². The zero-order valence-electron chi connectivity index (χ0n) is 15.9. The van der Waals surface area contributed by atoms with Crippen LogP contribution < -0.4 is 10.6 Å². The Hall–Kier alpha value is -2.64. The van der Waals surface area contributed by atoms with Crippen molar-refractivity contribution in [3.63, 3.8) is 0 Å². The maximum absolute atomic E-state index is 12.6. The number of benzene rings is 2. The van der Waals surface area contributed by atoms with Crippen molar-refractivity contribution in [3.8, 4) is 17.2 Å². The highest BCUT2D eigenvalue weighted by atomic mass is 16.2. The first kappa shape index (κ1) is 17.5. The number of amides is 1. The normalized spacial score (nSPS) is 25.5. The van der Waals surface area contributed by atoms with Gasteiger partial charge in [-0.3, -0.25) is 4.79 Å². The fraction of sp³-hybridized carbons (Fsp3) is 0.417. The highest BCUT2D eigenvalue weighted by molar-refractivity contribution is 5.83. The van der Waals surface area contributed by atoms with Crippen molar-refractivity contribution in [3.05, 3.63) is 59.2 Å². The van der Waals surface area contributed by atoms with E-state index in [1.165, 1.54) is 28.7 Å². The van der Waals surface area contributed by atoms with Gasteiger partial charge in [0.15, 0.2) is 0 Å². The number of hydrogen-bond acceptors (Lipinski definition) is 3. The average molecular weight is 371 g/mol. The van der Waals surface area contributed by atoms with Crippen LogP contribution >= 0.6 is 0 Å². The van der Waals surface area contributed by atoms with Gasteiger partial charge in [-0.15, -0.1) is 0 Å². The van der Waals surface area contributed by atoms with Crippen LogP contribution in [0.1, 0.15) is 36.0 Å². The molecule has 4 heteroatoms. The second-order valence-corrected chi connectivity index (χ2v) is 8.46. The summed E-state index contributed by atoms with van der Waals surface area (Å²) < 4.78 is 0. The van der Waals surface area contributed by atoms with Crippen LogP contribution in [0.5, 0.6) is 0 Å². The summed E-state index contributed by atoms with van der Waals surface area (Å²) in [5.74, 6) is 0.429. The van der Waals surface area contributed by atoms with Gasteiger partial charge in [0.2, 0.25) is 5.91 Å². The van der Waals surface area contributed by atoms with Crippen LogP contribution in [0.3, 0.4) is 0 Å². The Morgan fingerprint density at radius 1 is 1.14 bits per heavy atom. The number of carbonyl (C=O) groups is 1. The molecule has 2 bridgehead atoms. The monoisotopic (exact) mass is 371 g/mol. The lowest BCUT2D eigenvalue weighted by atomic mass is 9.84. The lowest BCUT2D eigenvalue weighted by Gasteiger charge is -2.24. The number of piperidine rings is 1. The van der Waals surface area contributed by atoms with E-state index < -0.39 is 6.04 Å². The summed E-state index contributed by atoms with van der Waals surface area (Å²) >= 11 is 0. The summed E-state index contributed by atoms with van der Waals surface area (Å²) in [4.78, 5) is 12.6. The molecule has 5 rings (SSSR count). The second-order valence-electron chi connectivity index (χ2n) is 8.46. The van der Waals surface area contributed by atoms with E-state index in [9.17, 15) is 10.1 Å². The standard InChI is InChI=1S/C24H25N3O/c25-14-20(27-24(28)23-18-8-9-19(13-18)26-23)12-15-5-10-22-17(11-15)7-6-16-3-1-2-4-21(16)22/h1-5,10-11,18-20,23,26H,6-9,12-13H2,(H,27,28)/t18-,19+,20?,23?/m0/s1. The highest BCUT2D eigenvalue weighted by Gasteiger charge is 2.43. The van der Waals surface area contributed by atoms with Gasteiger partial charge in [-0.05, 0) is 65.8 Å². The summed E-state index contributed by atoms with van der Waals surface area (Å²) in [5, 5.41) is 16.0. The Balaban J connectivity index is 1.29. The minimum Gasteiger partial charge on any atom is -0.339 e. The molecule has 28 heavy (non-hydrogen) atoms. The topological polar surface area (TPSA) is 64.9 Å². The summed E-state index contributed by atoms with van der Waals surface area (Å²) in [6.07, 6.45) is 6.03. The zero-order valence-corrected chi connectivity index (χ0v) is 15.9. The molecule has 0 aromatic heterocycles. The number of rotatable bonds is 4. The number of hydrogen-bond donors (Lipinski definition) is 2. The van der Waals surface area contributed by atoms with Gasteiger partial charge in [0.1, 0.15) is 6.04 Å². The molecule has 2 aromatic rings. The highest BCUT2D eigenvalue weighted by Crippen LogP contribution is 2.36. The third-order valence-electron chi connectivity index (χ3n) is 6.70. The van der Waals surface area contributed by atoms with Crippen molar-refractivity contribution >= 4 is 5.91 Å². The van der Waals surface area contributed by atoms with Crippen molar-refractivity contribution in [1.29, 1.82) is 5.26 Å². The maximum Gasteiger partial charge on any atom is 0.238 e. The largest absolute Gasteiger partial charge is 0.339 e. The van der Waals surface area contributed by atoms with Crippen molar-refractivity contribution in [2.24, 2.45) is 5.92 Å². The predicted molar refractivity (Wildman–Crippen MR) is 109 cm³/mol. The number of nitriles is 1. The Morgan fingerprint density at radius 2 is 1.96 bits per heavy atom. The molecule has 1 amide bonds. The van der Waals surface area contributed by atoms with Gasteiger partial charge >= 0.3 is 0 Å². The third kappa shape index (κ3) is 3.10. The van der Waals surface area contributed by atoms with Gasteiger partial charge in [-0.2, -0.15) is 5.26 Å². The minimum atomic E-state index is -0.484. The van der Waals surface area contributed by atoms with Crippen LogP contribution in [0.4, 0.5) is 0 Å². The van der Waals surface area contributed by atoms with E-state index in [4.69, 9.17) is 0 Å². The Morgan fingerprint density at radius 3 is 2.75 bits per heavy atom. The van der Waals surface area contributed by atoms with Gasteiger partial charge in [-0.1, -0.05) is 42.5 Å². The summed E-state index contributed by atoms with van der Waals surface area (Å²) in [6.45, 7) is 0. The fourth-order valence-corrected chi connectivity index (χ4v) is 5.29. The van der Waals surface area contributed by atoms with Gasteiger partial charge in [0.25, 0.3) is 0 Å². The first-order valence-electron chi connectivity index (χ1n) is 10.4. The van der Waals surface area contributed by atoms with E-state index >= 15 is 0 Å².